The van der Waals surface area contributed by atoms with Crippen LogP contribution in [-0.2, 0) is 14.3 Å². The number of methoxy groups -OCH3 is 1. The molecule has 6 nitrogen and oxygen atoms in total. The number of ether oxygens (including phenoxy) is 2. The number of aryl methyl sites for hydroxylation is 1. The van der Waals surface area contributed by atoms with Gasteiger partial charge in [0.15, 0.2) is 6.61 Å². The van der Waals surface area contributed by atoms with E-state index in [1.807, 2.05) is 0 Å². The van der Waals surface area contributed by atoms with Crippen molar-refractivity contribution in [2.24, 2.45) is 0 Å². The van der Waals surface area contributed by atoms with Crippen molar-refractivity contribution in [3.05, 3.63) is 29.3 Å². The van der Waals surface area contributed by atoms with Gasteiger partial charge in [0.2, 0.25) is 0 Å². The maximum atomic E-state index is 11.6. The smallest absolute Gasteiger partial charge is 0.342 e. The van der Waals surface area contributed by atoms with Crippen LogP contribution in [0.5, 0.6) is 5.75 Å². The van der Waals surface area contributed by atoms with Gasteiger partial charge in [-0.3, -0.25) is 4.79 Å². The van der Waals surface area contributed by atoms with Crippen molar-refractivity contribution in [3.8, 4) is 5.75 Å². The van der Waals surface area contributed by atoms with E-state index in [-0.39, 0.29) is 11.3 Å². The average molecular weight is 267 g/mol. The first-order chi connectivity index (χ1) is 9.04. The second kappa shape index (κ2) is 7.38. The van der Waals surface area contributed by atoms with Gasteiger partial charge in [0.1, 0.15) is 11.3 Å². The minimum atomic E-state index is -0.737. The first-order valence-corrected chi connectivity index (χ1v) is 5.77. The second-order valence-corrected chi connectivity index (χ2v) is 3.94. The van der Waals surface area contributed by atoms with Crippen LogP contribution in [0.25, 0.3) is 0 Å². The van der Waals surface area contributed by atoms with E-state index < -0.39 is 18.5 Å². The summed E-state index contributed by atoms with van der Waals surface area (Å²) in [7, 11) is 1.52. The zero-order chi connectivity index (χ0) is 14.3. The van der Waals surface area contributed by atoms with Gasteiger partial charge in [-0.1, -0.05) is 6.07 Å². The number of carbonyl (C=O) groups excluding carboxylic acids is 2. The van der Waals surface area contributed by atoms with E-state index >= 15 is 0 Å². The molecular weight excluding hydrogens is 250 g/mol. The fourth-order valence-electron chi connectivity index (χ4n) is 1.37. The van der Waals surface area contributed by atoms with E-state index in [0.717, 1.165) is 5.56 Å². The molecule has 0 unspecified atom stereocenters. The van der Waals surface area contributed by atoms with Gasteiger partial charge >= 0.3 is 5.97 Å². The monoisotopic (exact) mass is 267 g/mol. The summed E-state index contributed by atoms with van der Waals surface area (Å²) in [6, 6.07) is 4.58. The van der Waals surface area contributed by atoms with E-state index in [4.69, 9.17) is 9.47 Å². The highest BCUT2D eigenvalue weighted by Crippen LogP contribution is 2.19. The maximum absolute atomic E-state index is 11.6. The zero-order valence-electron chi connectivity index (χ0n) is 10.9. The Morgan fingerprint density at radius 2 is 2.11 bits per heavy atom. The average Bonchev–Trinajstić information content (AvgIpc) is 2.36. The summed E-state index contributed by atoms with van der Waals surface area (Å²) < 4.78 is 9.55. The molecule has 0 aliphatic carbocycles. The predicted molar refractivity (Wildman–Crippen MR) is 68.0 cm³/mol. The number of nitrogens with one attached hydrogen (secondary N) is 1. The fourth-order valence-corrected chi connectivity index (χ4v) is 1.37. The predicted octanol–water partition coefficient (Wildman–Crippen LogP) is 0.620. The molecule has 1 aromatic rings. The van der Waals surface area contributed by atoms with Crippen LogP contribution in [-0.4, -0.2) is 43.9 Å². The molecule has 6 heteroatoms. The van der Waals surface area contributed by atoms with Gasteiger partial charge in [0, 0.05) is 13.7 Å². The van der Waals surface area contributed by atoms with Crippen LogP contribution in [0.4, 0.5) is 0 Å². The molecule has 0 aliphatic heterocycles. The lowest BCUT2D eigenvalue weighted by Gasteiger charge is -2.07. The van der Waals surface area contributed by atoms with E-state index in [1.165, 1.54) is 19.2 Å². The summed E-state index contributed by atoms with van der Waals surface area (Å²) in [5.74, 6) is -1.32. The lowest BCUT2D eigenvalue weighted by atomic mass is 10.1. The third kappa shape index (κ3) is 4.97. The van der Waals surface area contributed by atoms with Gasteiger partial charge in [0.05, 0.1) is 6.61 Å². The van der Waals surface area contributed by atoms with Gasteiger partial charge in [-0.05, 0) is 24.6 Å². The molecule has 0 saturated heterocycles. The van der Waals surface area contributed by atoms with Crippen molar-refractivity contribution in [2.45, 2.75) is 6.92 Å². The van der Waals surface area contributed by atoms with Gasteiger partial charge in [-0.2, -0.15) is 0 Å². The highest BCUT2D eigenvalue weighted by Gasteiger charge is 2.14. The van der Waals surface area contributed by atoms with E-state index in [9.17, 15) is 14.7 Å². The Morgan fingerprint density at radius 3 is 2.74 bits per heavy atom. The summed E-state index contributed by atoms with van der Waals surface area (Å²) in [4.78, 5) is 22.9. The first-order valence-electron chi connectivity index (χ1n) is 5.77. The minimum absolute atomic E-state index is 0.0373. The first kappa shape index (κ1) is 15.0. The highest BCUT2D eigenvalue weighted by atomic mass is 16.5. The number of rotatable bonds is 6. The third-order valence-corrected chi connectivity index (χ3v) is 2.34. The summed E-state index contributed by atoms with van der Waals surface area (Å²) in [5.41, 5.74) is 0.863. The van der Waals surface area contributed by atoms with Crippen molar-refractivity contribution in [2.75, 3.05) is 26.9 Å². The molecule has 0 atom stereocenters. The largest absolute Gasteiger partial charge is 0.507 e. The normalized spacial score (nSPS) is 10.0. The Bertz CT molecular complexity index is 458. The Labute approximate surface area is 111 Å². The highest BCUT2D eigenvalue weighted by molar-refractivity contribution is 5.93. The van der Waals surface area contributed by atoms with Crippen LogP contribution in [0.3, 0.4) is 0 Å². The maximum Gasteiger partial charge on any atom is 0.342 e. The van der Waals surface area contributed by atoms with Crippen molar-refractivity contribution >= 4 is 11.9 Å². The van der Waals surface area contributed by atoms with Crippen LogP contribution in [0, 0.1) is 6.92 Å². The minimum Gasteiger partial charge on any atom is -0.507 e. The zero-order valence-corrected chi connectivity index (χ0v) is 10.9. The van der Waals surface area contributed by atoms with Crippen LogP contribution in [0.1, 0.15) is 15.9 Å². The molecule has 0 saturated carbocycles. The van der Waals surface area contributed by atoms with Crippen LogP contribution < -0.4 is 5.32 Å². The second-order valence-electron chi connectivity index (χ2n) is 3.94. The Balaban J connectivity index is 2.45. The number of carbonyl (C=O) groups is 2. The molecule has 0 spiro atoms. The van der Waals surface area contributed by atoms with Crippen molar-refractivity contribution in [3.63, 3.8) is 0 Å². The molecule has 0 bridgehead atoms. The number of aromatic hydroxyl groups is 1. The van der Waals surface area contributed by atoms with Crippen molar-refractivity contribution in [1.29, 1.82) is 0 Å². The number of hydrogen-bond donors (Lipinski definition) is 2. The van der Waals surface area contributed by atoms with E-state index in [1.54, 1.807) is 13.0 Å². The summed E-state index contributed by atoms with van der Waals surface area (Å²) in [6.45, 7) is 2.13. The van der Waals surface area contributed by atoms with Gasteiger partial charge in [-0.25, -0.2) is 4.79 Å². The SMILES string of the molecule is COCCNC(=O)COC(=O)c1ccc(C)cc1O. The molecule has 104 valence electrons. The van der Waals surface area contributed by atoms with Crippen LogP contribution >= 0.6 is 0 Å². The van der Waals surface area contributed by atoms with Gasteiger partial charge in [0.25, 0.3) is 5.91 Å². The molecule has 1 rings (SSSR count). The number of phenols is 1. The standard InChI is InChI=1S/C13H17NO5/c1-9-3-4-10(11(15)7-9)13(17)19-8-12(16)14-5-6-18-2/h3-4,7,15H,5-6,8H2,1-2H3,(H,14,16). The van der Waals surface area contributed by atoms with Gasteiger partial charge in [-0.15, -0.1) is 0 Å². The fraction of sp³-hybridized carbons (Fsp3) is 0.385. The molecule has 0 aromatic heterocycles. The summed E-state index contributed by atoms with van der Waals surface area (Å²) in [6.07, 6.45) is 0. The quantitative estimate of drug-likeness (QED) is 0.583. The lowest BCUT2D eigenvalue weighted by Crippen LogP contribution is -2.31. The molecule has 0 heterocycles. The van der Waals surface area contributed by atoms with Crippen molar-refractivity contribution < 1.29 is 24.2 Å². The number of esters is 1. The van der Waals surface area contributed by atoms with Crippen LogP contribution in [0.15, 0.2) is 18.2 Å². The van der Waals surface area contributed by atoms with Gasteiger partial charge < -0.3 is 19.9 Å². The van der Waals surface area contributed by atoms with Crippen LogP contribution in [0.2, 0.25) is 0 Å². The molecule has 0 fully saturated rings. The number of benzene rings is 1. The third-order valence-electron chi connectivity index (χ3n) is 2.34. The molecule has 2 N–H and O–H groups in total. The van der Waals surface area contributed by atoms with Crippen molar-refractivity contribution in [1.82, 2.24) is 5.32 Å². The lowest BCUT2D eigenvalue weighted by molar-refractivity contribution is -0.124. The van der Waals surface area contributed by atoms with E-state index in [0.29, 0.717) is 13.2 Å². The Kier molecular flexibility index (Phi) is 5.81. The molecule has 19 heavy (non-hydrogen) atoms. The molecule has 0 radical (unpaired) electrons. The summed E-state index contributed by atoms with van der Waals surface area (Å²) in [5, 5.41) is 12.1. The molecular formula is C13H17NO5. The Morgan fingerprint density at radius 1 is 1.37 bits per heavy atom. The number of hydrogen-bond acceptors (Lipinski definition) is 5. The molecule has 0 aliphatic rings. The number of phenolic OH excluding ortho intramolecular Hbond substituents is 1. The molecule has 1 aromatic carbocycles. The molecule has 1 amide bonds. The Hall–Kier alpha value is -2.08. The summed E-state index contributed by atoms with van der Waals surface area (Å²) >= 11 is 0. The van der Waals surface area contributed by atoms with E-state index in [2.05, 4.69) is 5.32 Å². The topological polar surface area (TPSA) is 84.9 Å². The number of amides is 1.